The third kappa shape index (κ3) is 10.1. The zero-order chi connectivity index (χ0) is 37.0. The first-order valence-corrected chi connectivity index (χ1v) is 16.9. The van der Waals surface area contributed by atoms with E-state index in [4.69, 9.17) is 4.74 Å². The zero-order valence-corrected chi connectivity index (χ0v) is 28.5. The van der Waals surface area contributed by atoms with Gasteiger partial charge in [-0.1, -0.05) is 91.0 Å². The Hall–Kier alpha value is -5.82. The highest BCUT2D eigenvalue weighted by Gasteiger charge is 2.36. The van der Waals surface area contributed by atoms with Crippen LogP contribution in [0.25, 0.3) is 10.9 Å². The predicted octanol–water partition coefficient (Wildman–Crippen LogP) is 2.26. The minimum absolute atomic E-state index is 0.0480. The third-order valence-corrected chi connectivity index (χ3v) is 8.59. The second-order valence-electron chi connectivity index (χ2n) is 12.5. The van der Waals surface area contributed by atoms with Gasteiger partial charge in [0.25, 0.3) is 11.8 Å². The maximum Gasteiger partial charge on any atom is 0.268 e. The fourth-order valence-electron chi connectivity index (χ4n) is 5.86. The number of hydrogen-bond acceptors (Lipinski definition) is 8. The van der Waals surface area contributed by atoms with Crippen molar-refractivity contribution in [3.05, 3.63) is 148 Å². The molecular formula is C40H42N4O8. The van der Waals surface area contributed by atoms with Crippen molar-refractivity contribution in [1.82, 2.24) is 20.9 Å². The van der Waals surface area contributed by atoms with Gasteiger partial charge in [0.2, 0.25) is 5.91 Å². The van der Waals surface area contributed by atoms with Crippen molar-refractivity contribution < 1.29 is 34.4 Å². The smallest absolute Gasteiger partial charge is 0.268 e. The molecule has 270 valence electrons. The van der Waals surface area contributed by atoms with Crippen LogP contribution in [0.2, 0.25) is 0 Å². The lowest BCUT2D eigenvalue weighted by molar-refractivity contribution is -0.129. The van der Waals surface area contributed by atoms with Gasteiger partial charge in [-0.05, 0) is 55.2 Å². The van der Waals surface area contributed by atoms with E-state index < -0.39 is 59.6 Å². The van der Waals surface area contributed by atoms with E-state index in [1.807, 2.05) is 36.4 Å². The molecule has 0 aliphatic carbocycles. The SMILES string of the molecule is C[C@@H](O)[C@H](NC(=O)c1cc(=O)c2ccccc2[nH]1)C(=O)N[C@@H](Cc1ccccc1)[C@H](O)[C@@H](O)[C@H](Cc1ccccc1)NC(=O)COc1ccccc1. The lowest BCUT2D eigenvalue weighted by atomic mass is 9.90. The van der Waals surface area contributed by atoms with E-state index in [1.54, 1.807) is 78.9 Å². The number of carbonyl (C=O) groups is 3. The number of para-hydroxylation sites is 2. The number of rotatable bonds is 16. The van der Waals surface area contributed by atoms with E-state index in [0.717, 1.165) is 11.6 Å². The molecule has 0 fully saturated rings. The number of aliphatic hydroxyl groups excluding tert-OH is 3. The standard InChI is InChI=1S/C40H42N4O8/c1-25(45)36(44-39(50)33-23-34(46)29-19-11-12-20-30(29)41-33)40(51)43-32(22-27-15-7-3-8-16-27)38(49)37(48)31(21-26-13-5-2-6-14-26)42-35(47)24-52-28-17-9-4-10-18-28/h2-20,23,25,31-32,36-38,45,48-49H,21-22,24H2,1H3,(H,41,46)(H,42,47)(H,43,51)(H,44,50)/t25-,31+,32+,36+,37+,38+/m1/s1. The number of aromatic amines is 1. The van der Waals surface area contributed by atoms with Crippen LogP contribution in [-0.4, -0.2) is 81.1 Å². The molecule has 1 heterocycles. The molecule has 7 N–H and O–H groups in total. The Labute approximate surface area is 300 Å². The Kier molecular flexibility index (Phi) is 12.9. The minimum Gasteiger partial charge on any atom is -0.484 e. The zero-order valence-electron chi connectivity index (χ0n) is 28.5. The lowest BCUT2D eigenvalue weighted by Gasteiger charge is -2.34. The van der Waals surface area contributed by atoms with E-state index in [1.165, 1.54) is 6.92 Å². The molecule has 0 saturated carbocycles. The van der Waals surface area contributed by atoms with Crippen LogP contribution < -0.4 is 26.1 Å². The van der Waals surface area contributed by atoms with Gasteiger partial charge in [0.1, 0.15) is 29.7 Å². The number of carbonyl (C=O) groups excluding carboxylic acids is 3. The van der Waals surface area contributed by atoms with E-state index in [2.05, 4.69) is 20.9 Å². The summed E-state index contributed by atoms with van der Waals surface area (Å²) in [6.07, 6.45) is -4.46. The molecule has 6 atom stereocenters. The van der Waals surface area contributed by atoms with E-state index in [0.29, 0.717) is 22.2 Å². The normalized spacial score (nSPS) is 14.6. The number of aliphatic hydroxyl groups is 3. The van der Waals surface area contributed by atoms with Gasteiger partial charge in [0, 0.05) is 17.0 Å². The molecule has 12 nitrogen and oxygen atoms in total. The lowest BCUT2D eigenvalue weighted by Crippen LogP contribution is -2.61. The van der Waals surface area contributed by atoms with Crippen LogP contribution in [0.4, 0.5) is 0 Å². The highest BCUT2D eigenvalue weighted by Crippen LogP contribution is 2.16. The molecule has 0 radical (unpaired) electrons. The summed E-state index contributed by atoms with van der Waals surface area (Å²) in [7, 11) is 0. The van der Waals surface area contributed by atoms with E-state index in [9.17, 15) is 34.5 Å². The number of amides is 3. The van der Waals surface area contributed by atoms with Gasteiger partial charge in [-0.25, -0.2) is 0 Å². The van der Waals surface area contributed by atoms with Gasteiger partial charge in [0.15, 0.2) is 12.0 Å². The van der Waals surface area contributed by atoms with E-state index >= 15 is 0 Å². The quantitative estimate of drug-likeness (QED) is 0.0813. The number of benzene rings is 4. The summed E-state index contributed by atoms with van der Waals surface area (Å²) in [6.45, 7) is 0.967. The van der Waals surface area contributed by atoms with Crippen LogP contribution >= 0.6 is 0 Å². The van der Waals surface area contributed by atoms with Crippen molar-refractivity contribution in [2.75, 3.05) is 6.61 Å². The molecule has 5 aromatic rings. The summed E-state index contributed by atoms with van der Waals surface area (Å²) in [5.41, 5.74) is 1.39. The number of fused-ring (bicyclic) bond motifs is 1. The predicted molar refractivity (Wildman–Crippen MR) is 196 cm³/mol. The average molecular weight is 707 g/mol. The van der Waals surface area contributed by atoms with Gasteiger partial charge in [0.05, 0.1) is 18.2 Å². The van der Waals surface area contributed by atoms with Crippen molar-refractivity contribution in [3.8, 4) is 5.75 Å². The molecule has 5 rings (SSSR count). The Balaban J connectivity index is 1.36. The monoisotopic (exact) mass is 706 g/mol. The molecule has 0 bridgehead atoms. The number of ether oxygens (including phenoxy) is 1. The van der Waals surface area contributed by atoms with Gasteiger partial charge >= 0.3 is 0 Å². The second kappa shape index (κ2) is 17.9. The molecule has 1 aromatic heterocycles. The molecular weight excluding hydrogens is 664 g/mol. The van der Waals surface area contributed by atoms with Gasteiger partial charge in [-0.3, -0.25) is 19.2 Å². The summed E-state index contributed by atoms with van der Waals surface area (Å²) < 4.78 is 5.59. The van der Waals surface area contributed by atoms with Gasteiger partial charge in [-0.15, -0.1) is 0 Å². The van der Waals surface area contributed by atoms with Gasteiger partial charge < -0.3 is 41.0 Å². The molecule has 3 amide bonds. The Morgan fingerprint density at radius 3 is 1.79 bits per heavy atom. The van der Waals surface area contributed by atoms with Crippen LogP contribution in [0.1, 0.15) is 28.5 Å². The summed E-state index contributed by atoms with van der Waals surface area (Å²) in [5.74, 6) is -1.72. The fraction of sp³-hybridized carbons (Fsp3) is 0.250. The van der Waals surface area contributed by atoms with Crippen molar-refractivity contribution in [3.63, 3.8) is 0 Å². The Morgan fingerprint density at radius 2 is 1.21 bits per heavy atom. The Bertz CT molecular complexity index is 1990. The largest absolute Gasteiger partial charge is 0.484 e. The second-order valence-corrected chi connectivity index (χ2v) is 12.5. The maximum absolute atomic E-state index is 13.8. The third-order valence-electron chi connectivity index (χ3n) is 8.59. The van der Waals surface area contributed by atoms with Gasteiger partial charge in [-0.2, -0.15) is 0 Å². The molecule has 0 spiro atoms. The summed E-state index contributed by atoms with van der Waals surface area (Å²) >= 11 is 0. The first-order chi connectivity index (χ1) is 25.1. The molecule has 0 aliphatic heterocycles. The van der Waals surface area contributed by atoms with Crippen LogP contribution in [0, 0.1) is 0 Å². The number of H-pyrrole nitrogens is 1. The van der Waals surface area contributed by atoms with Crippen molar-refractivity contribution >= 4 is 28.6 Å². The molecule has 0 saturated heterocycles. The van der Waals surface area contributed by atoms with Crippen molar-refractivity contribution in [1.29, 1.82) is 0 Å². The van der Waals surface area contributed by atoms with Crippen LogP contribution in [0.3, 0.4) is 0 Å². The fourth-order valence-corrected chi connectivity index (χ4v) is 5.86. The number of aromatic nitrogens is 1. The first-order valence-electron chi connectivity index (χ1n) is 16.9. The topological polar surface area (TPSA) is 190 Å². The molecule has 0 unspecified atom stereocenters. The summed E-state index contributed by atoms with van der Waals surface area (Å²) in [6, 6.07) is 30.9. The first kappa shape index (κ1) is 37.4. The summed E-state index contributed by atoms with van der Waals surface area (Å²) in [4.78, 5) is 55.6. The average Bonchev–Trinajstić information content (AvgIpc) is 3.16. The van der Waals surface area contributed by atoms with Crippen LogP contribution in [0.5, 0.6) is 5.75 Å². The highest BCUT2D eigenvalue weighted by molar-refractivity contribution is 5.98. The molecule has 0 aliphatic rings. The molecule has 12 heteroatoms. The van der Waals surface area contributed by atoms with Crippen LogP contribution in [-0.2, 0) is 22.4 Å². The number of pyridine rings is 1. The highest BCUT2D eigenvalue weighted by atomic mass is 16.5. The number of nitrogens with one attached hydrogen (secondary N) is 4. The minimum atomic E-state index is -1.64. The molecule has 52 heavy (non-hydrogen) atoms. The number of hydrogen-bond donors (Lipinski definition) is 7. The maximum atomic E-state index is 13.8. The summed E-state index contributed by atoms with van der Waals surface area (Å²) in [5, 5.41) is 42.4. The molecule has 4 aromatic carbocycles. The van der Waals surface area contributed by atoms with Crippen molar-refractivity contribution in [2.45, 2.75) is 56.2 Å². The van der Waals surface area contributed by atoms with Crippen LogP contribution in [0.15, 0.2) is 126 Å². The van der Waals surface area contributed by atoms with Crippen molar-refractivity contribution in [2.24, 2.45) is 0 Å². The Morgan fingerprint density at radius 1 is 0.692 bits per heavy atom. The van der Waals surface area contributed by atoms with E-state index in [-0.39, 0.29) is 25.1 Å².